The van der Waals surface area contributed by atoms with E-state index in [-0.39, 0.29) is 22.8 Å². The number of carboxylic acids is 1. The van der Waals surface area contributed by atoms with E-state index in [2.05, 4.69) is 10.2 Å². The lowest BCUT2D eigenvalue weighted by Gasteiger charge is -2.25. The number of hydrogen-bond donors (Lipinski definition) is 3. The number of carbonyl (C=O) groups excluding carboxylic acids is 2. The minimum atomic E-state index is -5.08. The summed E-state index contributed by atoms with van der Waals surface area (Å²) in [5, 5.41) is 15.4. The van der Waals surface area contributed by atoms with Gasteiger partial charge in [-0.25, -0.2) is 18.4 Å². The van der Waals surface area contributed by atoms with Crippen LogP contribution in [-0.2, 0) is 14.8 Å². The van der Waals surface area contributed by atoms with Crippen molar-refractivity contribution in [3.63, 3.8) is 0 Å². The average molecular weight is 675 g/mol. The van der Waals surface area contributed by atoms with Crippen LogP contribution in [0.1, 0.15) is 49.9 Å². The van der Waals surface area contributed by atoms with Gasteiger partial charge in [-0.1, -0.05) is 48.5 Å². The standard InChI is InChI=1S/C31H36N4O4S.C2HF3O2/c1-21-7-6-8-22(2)29(21)31(37)35-19-25-17-34(18-26(25)20-35)16-15-28(23-9-4-3-5-10-23)33-30(36)24-11-13-27(14-12-24)40(32,38)39;3-2(4,5)1(6)7/h3-14,25-26,28H,15-20H2,1-2H3,(H,33,36)(H2,32,38,39);(H,6,7)/t25-,26?,28?;/m0./s1. The summed E-state index contributed by atoms with van der Waals surface area (Å²) < 4.78 is 54.8. The fraction of sp³-hybridized carbons (Fsp3) is 0.364. The molecule has 14 heteroatoms. The molecule has 0 spiro atoms. The first-order chi connectivity index (χ1) is 22.0. The number of carboxylic acid groups (broad SMARTS) is 1. The van der Waals surface area contributed by atoms with E-state index in [0.29, 0.717) is 17.4 Å². The molecule has 0 saturated carbocycles. The predicted molar refractivity (Wildman–Crippen MR) is 168 cm³/mol. The minimum Gasteiger partial charge on any atom is -0.475 e. The summed E-state index contributed by atoms with van der Waals surface area (Å²) in [4.78, 5) is 39.7. The van der Waals surface area contributed by atoms with Gasteiger partial charge in [0.15, 0.2) is 0 Å². The van der Waals surface area contributed by atoms with Gasteiger partial charge in [0, 0.05) is 43.9 Å². The van der Waals surface area contributed by atoms with E-state index < -0.39 is 22.2 Å². The topological polar surface area (TPSA) is 150 Å². The van der Waals surface area contributed by atoms with Crippen LogP contribution >= 0.6 is 0 Å². The van der Waals surface area contributed by atoms with E-state index in [9.17, 15) is 31.2 Å². The number of sulfonamides is 1. The van der Waals surface area contributed by atoms with Gasteiger partial charge < -0.3 is 20.2 Å². The molecule has 0 radical (unpaired) electrons. The van der Waals surface area contributed by atoms with Crippen LogP contribution in [0.2, 0.25) is 0 Å². The molecule has 2 aliphatic rings. The Bertz CT molecular complexity index is 1670. The van der Waals surface area contributed by atoms with E-state index >= 15 is 0 Å². The van der Waals surface area contributed by atoms with Crippen molar-refractivity contribution in [2.24, 2.45) is 17.0 Å². The summed E-state index contributed by atoms with van der Waals surface area (Å²) >= 11 is 0. The quantitative estimate of drug-likeness (QED) is 0.325. The Morgan fingerprint density at radius 1 is 0.894 bits per heavy atom. The highest BCUT2D eigenvalue weighted by Gasteiger charge is 2.42. The fourth-order valence-corrected chi connectivity index (χ4v) is 6.62. The summed E-state index contributed by atoms with van der Waals surface area (Å²) in [7, 11) is -3.82. The average Bonchev–Trinajstić information content (AvgIpc) is 3.58. The molecule has 0 aliphatic carbocycles. The number of aryl methyl sites for hydroxylation is 2. The summed E-state index contributed by atoms with van der Waals surface area (Å²) in [5.74, 6) is -1.98. The first-order valence-corrected chi connectivity index (χ1v) is 16.5. The van der Waals surface area contributed by atoms with Crippen LogP contribution in [0.15, 0.2) is 77.7 Å². The zero-order valence-electron chi connectivity index (χ0n) is 25.9. The molecule has 252 valence electrons. The highest BCUT2D eigenvalue weighted by Crippen LogP contribution is 2.33. The second kappa shape index (κ2) is 14.7. The van der Waals surface area contributed by atoms with Crippen LogP contribution in [0.4, 0.5) is 13.2 Å². The number of nitrogens with one attached hydrogen (secondary N) is 1. The van der Waals surface area contributed by atoms with Crippen molar-refractivity contribution in [2.45, 2.75) is 37.4 Å². The van der Waals surface area contributed by atoms with Crippen molar-refractivity contribution in [1.29, 1.82) is 0 Å². The molecule has 3 aromatic rings. The molecule has 2 fully saturated rings. The molecule has 2 amide bonds. The third-order valence-corrected chi connectivity index (χ3v) is 9.40. The molecule has 0 bridgehead atoms. The van der Waals surface area contributed by atoms with E-state index in [1.54, 1.807) is 0 Å². The smallest absolute Gasteiger partial charge is 0.475 e. The minimum absolute atomic E-state index is 0.0301. The van der Waals surface area contributed by atoms with Gasteiger partial charge in [0.2, 0.25) is 10.0 Å². The monoisotopic (exact) mass is 674 g/mol. The number of nitrogens with zero attached hydrogens (tertiary/aromatic N) is 2. The Morgan fingerprint density at radius 3 is 1.91 bits per heavy atom. The van der Waals surface area contributed by atoms with Crippen LogP contribution in [-0.4, -0.2) is 80.0 Å². The van der Waals surface area contributed by atoms with Gasteiger partial charge in [-0.15, -0.1) is 0 Å². The second-order valence-electron chi connectivity index (χ2n) is 11.9. The molecule has 5 rings (SSSR count). The number of carbonyl (C=O) groups is 3. The van der Waals surface area contributed by atoms with Crippen molar-refractivity contribution in [3.8, 4) is 0 Å². The first-order valence-electron chi connectivity index (χ1n) is 14.9. The highest BCUT2D eigenvalue weighted by molar-refractivity contribution is 7.89. The summed E-state index contributed by atoms with van der Waals surface area (Å²) in [5.41, 5.74) is 4.27. The van der Waals surface area contributed by atoms with Gasteiger partial charge in [0.1, 0.15) is 0 Å². The van der Waals surface area contributed by atoms with Gasteiger partial charge in [0.25, 0.3) is 11.8 Å². The molecule has 2 saturated heterocycles. The number of nitrogens with two attached hydrogens (primary N) is 1. The van der Waals surface area contributed by atoms with Crippen LogP contribution in [0.5, 0.6) is 0 Å². The van der Waals surface area contributed by atoms with Crippen molar-refractivity contribution >= 4 is 27.8 Å². The SMILES string of the molecule is Cc1cccc(C)c1C(=O)N1CC2CN(CCC(NC(=O)c3ccc(S(N)(=O)=O)cc3)c3ccccc3)C[C@H]2C1.O=C(O)C(F)(F)F. The van der Waals surface area contributed by atoms with Crippen LogP contribution in [0.25, 0.3) is 0 Å². The van der Waals surface area contributed by atoms with E-state index in [4.69, 9.17) is 15.0 Å². The Kier molecular flexibility index (Phi) is 11.1. The highest BCUT2D eigenvalue weighted by atomic mass is 32.2. The molecule has 4 N–H and O–H groups in total. The fourth-order valence-electron chi connectivity index (χ4n) is 6.11. The summed E-state index contributed by atoms with van der Waals surface area (Å²) in [6.07, 6.45) is -4.35. The van der Waals surface area contributed by atoms with Crippen molar-refractivity contribution in [2.75, 3.05) is 32.7 Å². The Labute approximate surface area is 271 Å². The van der Waals surface area contributed by atoms with Crippen LogP contribution in [0.3, 0.4) is 0 Å². The zero-order valence-corrected chi connectivity index (χ0v) is 26.7. The summed E-state index contributed by atoms with van der Waals surface area (Å²) in [6, 6.07) is 21.3. The lowest BCUT2D eigenvalue weighted by atomic mass is 10.0. The Balaban J connectivity index is 0.000000644. The molecule has 2 heterocycles. The largest absolute Gasteiger partial charge is 0.490 e. The maximum atomic E-state index is 13.3. The van der Waals surface area contributed by atoms with E-state index in [0.717, 1.165) is 61.4 Å². The second-order valence-corrected chi connectivity index (χ2v) is 13.4. The molecular formula is C33H37F3N4O6S. The number of amides is 2. The normalized spacial score (nSPS) is 18.6. The number of fused-ring (bicyclic) bond motifs is 1. The first kappa shape index (κ1) is 35.6. The number of likely N-dealkylation sites (tertiary alicyclic amines) is 2. The summed E-state index contributed by atoms with van der Waals surface area (Å²) in [6.45, 7) is 8.25. The van der Waals surface area contributed by atoms with Gasteiger partial charge in [-0.3, -0.25) is 9.59 Å². The number of hydrogen-bond acceptors (Lipinski definition) is 6. The molecule has 10 nitrogen and oxygen atoms in total. The van der Waals surface area contributed by atoms with Crippen LogP contribution < -0.4 is 10.5 Å². The van der Waals surface area contributed by atoms with E-state index in [1.165, 1.54) is 24.3 Å². The maximum absolute atomic E-state index is 13.3. The predicted octanol–water partition coefficient (Wildman–Crippen LogP) is 4.15. The zero-order chi connectivity index (χ0) is 34.5. The lowest BCUT2D eigenvalue weighted by Crippen LogP contribution is -2.35. The molecular weight excluding hydrogens is 637 g/mol. The lowest BCUT2D eigenvalue weighted by molar-refractivity contribution is -0.192. The van der Waals surface area contributed by atoms with Gasteiger partial charge in [0.05, 0.1) is 10.9 Å². The number of primary sulfonamides is 1. The number of rotatable bonds is 8. The van der Waals surface area contributed by atoms with Gasteiger partial charge >= 0.3 is 12.1 Å². The Hall–Kier alpha value is -4.27. The molecule has 3 aromatic carbocycles. The molecule has 2 unspecified atom stereocenters. The molecule has 3 atom stereocenters. The molecule has 47 heavy (non-hydrogen) atoms. The van der Waals surface area contributed by atoms with Gasteiger partial charge in [-0.05, 0) is 73.1 Å². The molecule has 2 aliphatic heterocycles. The third kappa shape index (κ3) is 9.18. The van der Waals surface area contributed by atoms with Crippen molar-refractivity contribution in [1.82, 2.24) is 15.1 Å². The number of aliphatic carboxylic acids is 1. The van der Waals surface area contributed by atoms with Crippen molar-refractivity contribution < 1.29 is 41.1 Å². The number of halogens is 3. The van der Waals surface area contributed by atoms with E-state index in [1.807, 2.05) is 67.3 Å². The number of alkyl halides is 3. The Morgan fingerprint density at radius 2 is 1.43 bits per heavy atom. The van der Waals surface area contributed by atoms with Gasteiger partial charge in [-0.2, -0.15) is 13.2 Å². The van der Waals surface area contributed by atoms with Crippen LogP contribution in [0, 0.1) is 25.7 Å². The number of benzene rings is 3. The third-order valence-electron chi connectivity index (χ3n) is 8.47. The molecule has 0 aromatic heterocycles. The maximum Gasteiger partial charge on any atom is 0.490 e. The van der Waals surface area contributed by atoms with Crippen molar-refractivity contribution in [3.05, 3.63) is 101 Å².